The van der Waals surface area contributed by atoms with Gasteiger partial charge in [0.2, 0.25) is 5.76 Å². The number of ether oxygens (including phenoxy) is 1. The van der Waals surface area contributed by atoms with Gasteiger partial charge in [0.05, 0.1) is 28.5 Å². The first-order chi connectivity index (χ1) is 14.1. The average molecular weight is 410 g/mol. The Labute approximate surface area is 172 Å². The number of aromatic nitrogens is 2. The van der Waals surface area contributed by atoms with Crippen LogP contribution in [-0.2, 0) is 16.8 Å². The van der Waals surface area contributed by atoms with E-state index in [1.54, 1.807) is 24.3 Å². The van der Waals surface area contributed by atoms with Gasteiger partial charge in [0.1, 0.15) is 5.82 Å². The van der Waals surface area contributed by atoms with Gasteiger partial charge in [0, 0.05) is 24.4 Å². The molecular formula is C21H22N4O3S. The number of nitrogens with zero attached hydrogens (tertiary/aromatic N) is 3. The molecule has 0 radical (unpaired) electrons. The molecule has 5 heterocycles. The summed E-state index contributed by atoms with van der Waals surface area (Å²) in [4.78, 5) is 25.6. The molecule has 2 aliphatic rings. The number of hydrogen-bond donors (Lipinski definition) is 1. The molecule has 3 aromatic rings. The Morgan fingerprint density at radius 3 is 2.86 bits per heavy atom. The third kappa shape index (κ3) is 3.12. The van der Waals surface area contributed by atoms with Crippen LogP contribution >= 0.6 is 11.3 Å². The second-order valence-corrected chi connectivity index (χ2v) is 8.68. The van der Waals surface area contributed by atoms with Crippen molar-refractivity contribution in [3.8, 4) is 10.6 Å². The zero-order valence-corrected chi connectivity index (χ0v) is 17.0. The van der Waals surface area contributed by atoms with E-state index in [9.17, 15) is 4.79 Å². The van der Waals surface area contributed by atoms with E-state index in [0.29, 0.717) is 37.0 Å². The van der Waals surface area contributed by atoms with E-state index in [0.717, 1.165) is 29.8 Å². The van der Waals surface area contributed by atoms with Crippen molar-refractivity contribution in [3.05, 3.63) is 52.6 Å². The molecule has 0 aliphatic carbocycles. The number of nitrogen functional groups attached to an aromatic ring is 1. The maximum Gasteiger partial charge on any atom is 0.291 e. The highest BCUT2D eigenvalue weighted by Gasteiger charge is 2.43. The standard InChI is InChI=1S/C21H22N4O3S/c1-13-19(27-12-23-13)20(26)25-8-6-21(7-9-25)14-11-17(29-16(14)5-10-28-21)15-3-2-4-18(22)24-15/h2-4,11-12H,5-10H2,1H3,(H2,22,24). The molecule has 29 heavy (non-hydrogen) atoms. The monoisotopic (exact) mass is 410 g/mol. The van der Waals surface area contributed by atoms with Gasteiger partial charge in [-0.25, -0.2) is 9.97 Å². The van der Waals surface area contributed by atoms with Crippen molar-refractivity contribution in [2.75, 3.05) is 25.4 Å². The van der Waals surface area contributed by atoms with Crippen LogP contribution in [0.3, 0.4) is 0 Å². The van der Waals surface area contributed by atoms with Gasteiger partial charge >= 0.3 is 0 Å². The first kappa shape index (κ1) is 18.3. The van der Waals surface area contributed by atoms with Crippen LogP contribution in [-0.4, -0.2) is 40.5 Å². The minimum Gasteiger partial charge on any atom is -0.438 e. The van der Waals surface area contributed by atoms with Crippen molar-refractivity contribution in [1.82, 2.24) is 14.9 Å². The molecule has 0 aromatic carbocycles. The van der Waals surface area contributed by atoms with Crippen LogP contribution < -0.4 is 5.73 Å². The number of piperidine rings is 1. The summed E-state index contributed by atoms with van der Waals surface area (Å²) in [6, 6.07) is 7.92. The second-order valence-electron chi connectivity index (χ2n) is 7.55. The number of rotatable bonds is 2. The predicted octanol–water partition coefficient (Wildman–Crippen LogP) is 3.39. The van der Waals surface area contributed by atoms with Crippen LogP contribution in [0.25, 0.3) is 10.6 Å². The van der Waals surface area contributed by atoms with Gasteiger partial charge in [-0.05, 0) is 43.5 Å². The number of carbonyl (C=O) groups excluding carboxylic acids is 1. The van der Waals surface area contributed by atoms with Crippen molar-refractivity contribution in [3.63, 3.8) is 0 Å². The van der Waals surface area contributed by atoms with E-state index in [4.69, 9.17) is 14.9 Å². The Bertz CT molecular complexity index is 1070. The van der Waals surface area contributed by atoms with E-state index in [1.165, 1.54) is 16.8 Å². The topological polar surface area (TPSA) is 94.5 Å². The lowest BCUT2D eigenvalue weighted by Crippen LogP contribution is -2.48. The first-order valence-electron chi connectivity index (χ1n) is 9.75. The molecule has 1 amide bonds. The Morgan fingerprint density at radius 2 is 2.14 bits per heavy atom. The smallest absolute Gasteiger partial charge is 0.291 e. The number of fused-ring (bicyclic) bond motifs is 2. The average Bonchev–Trinajstić information content (AvgIpc) is 3.35. The summed E-state index contributed by atoms with van der Waals surface area (Å²) in [7, 11) is 0. The first-order valence-corrected chi connectivity index (χ1v) is 10.6. The molecule has 0 unspecified atom stereocenters. The van der Waals surface area contributed by atoms with Crippen LogP contribution in [0.5, 0.6) is 0 Å². The third-order valence-electron chi connectivity index (χ3n) is 5.83. The number of oxazole rings is 1. The Hall–Kier alpha value is -2.71. The van der Waals surface area contributed by atoms with E-state index < -0.39 is 0 Å². The number of carbonyl (C=O) groups is 1. The predicted molar refractivity (Wildman–Crippen MR) is 110 cm³/mol. The van der Waals surface area contributed by atoms with Gasteiger partial charge in [0.25, 0.3) is 5.91 Å². The lowest BCUT2D eigenvalue weighted by atomic mass is 9.82. The summed E-state index contributed by atoms with van der Waals surface area (Å²) in [5.41, 5.74) is 8.30. The van der Waals surface area contributed by atoms with Crippen LogP contribution in [0.15, 0.2) is 35.1 Å². The summed E-state index contributed by atoms with van der Waals surface area (Å²) < 4.78 is 11.6. The van der Waals surface area contributed by atoms with Crippen molar-refractivity contribution < 1.29 is 13.9 Å². The molecule has 0 bridgehead atoms. The lowest BCUT2D eigenvalue weighted by molar-refractivity contribution is -0.0928. The molecule has 1 fully saturated rings. The van der Waals surface area contributed by atoms with Gasteiger partial charge in [-0.1, -0.05) is 6.07 Å². The Kier molecular flexibility index (Phi) is 4.40. The van der Waals surface area contributed by atoms with Crippen molar-refractivity contribution in [1.29, 1.82) is 0 Å². The summed E-state index contributed by atoms with van der Waals surface area (Å²) in [6.45, 7) is 3.74. The number of pyridine rings is 1. The summed E-state index contributed by atoms with van der Waals surface area (Å²) in [5, 5.41) is 0. The van der Waals surface area contributed by atoms with Gasteiger partial charge < -0.3 is 19.8 Å². The number of anilines is 1. The zero-order chi connectivity index (χ0) is 20.0. The van der Waals surface area contributed by atoms with Gasteiger partial charge in [-0.15, -0.1) is 11.3 Å². The molecule has 2 aliphatic heterocycles. The number of hydrogen-bond acceptors (Lipinski definition) is 7. The minimum absolute atomic E-state index is 0.0964. The number of nitrogens with two attached hydrogens (primary N) is 1. The molecule has 150 valence electrons. The molecule has 0 atom stereocenters. The fourth-order valence-electron chi connectivity index (χ4n) is 4.27. The Balaban J connectivity index is 1.40. The molecule has 7 nitrogen and oxygen atoms in total. The molecule has 3 aromatic heterocycles. The molecule has 8 heteroatoms. The molecule has 0 saturated carbocycles. The van der Waals surface area contributed by atoms with Gasteiger partial charge in [0.15, 0.2) is 6.39 Å². The largest absolute Gasteiger partial charge is 0.438 e. The van der Waals surface area contributed by atoms with E-state index in [-0.39, 0.29) is 11.5 Å². The number of amides is 1. The van der Waals surface area contributed by atoms with Crippen LogP contribution in [0.4, 0.5) is 5.82 Å². The van der Waals surface area contributed by atoms with Crippen molar-refractivity contribution in [2.24, 2.45) is 0 Å². The highest BCUT2D eigenvalue weighted by atomic mass is 32.1. The van der Waals surface area contributed by atoms with Crippen LogP contribution in [0.1, 0.15) is 39.5 Å². The summed E-state index contributed by atoms with van der Waals surface area (Å²) >= 11 is 1.77. The quantitative estimate of drug-likeness (QED) is 0.696. The number of likely N-dealkylation sites (tertiary alicyclic amines) is 1. The minimum atomic E-state index is -0.337. The molecule has 1 spiro atoms. The Morgan fingerprint density at radius 1 is 1.31 bits per heavy atom. The highest BCUT2D eigenvalue weighted by molar-refractivity contribution is 7.15. The summed E-state index contributed by atoms with van der Waals surface area (Å²) in [6.07, 6.45) is 3.75. The van der Waals surface area contributed by atoms with E-state index >= 15 is 0 Å². The SMILES string of the molecule is Cc1ncoc1C(=O)N1CCC2(CC1)OCCc1sc(-c3cccc(N)n3)cc12. The maximum atomic E-state index is 12.8. The normalized spacial score (nSPS) is 18.0. The van der Waals surface area contributed by atoms with E-state index in [1.807, 2.05) is 17.0 Å². The fraction of sp³-hybridized carbons (Fsp3) is 0.381. The maximum absolute atomic E-state index is 12.8. The summed E-state index contributed by atoms with van der Waals surface area (Å²) in [5.74, 6) is 0.756. The van der Waals surface area contributed by atoms with Gasteiger partial charge in [-0.3, -0.25) is 4.79 Å². The van der Waals surface area contributed by atoms with Gasteiger partial charge in [-0.2, -0.15) is 0 Å². The number of thiophene rings is 1. The zero-order valence-electron chi connectivity index (χ0n) is 16.2. The van der Waals surface area contributed by atoms with Crippen LogP contribution in [0, 0.1) is 6.92 Å². The van der Waals surface area contributed by atoms with Crippen LogP contribution in [0.2, 0.25) is 0 Å². The molecular weight excluding hydrogens is 388 g/mol. The molecule has 5 rings (SSSR count). The second kappa shape index (κ2) is 6.96. The molecule has 2 N–H and O–H groups in total. The molecule has 1 saturated heterocycles. The van der Waals surface area contributed by atoms with E-state index in [2.05, 4.69) is 16.0 Å². The third-order valence-corrected chi connectivity index (χ3v) is 7.05. The number of aryl methyl sites for hydroxylation is 1. The van der Waals surface area contributed by atoms with Crippen molar-refractivity contribution in [2.45, 2.75) is 31.8 Å². The van der Waals surface area contributed by atoms with Crippen molar-refractivity contribution >= 4 is 23.1 Å². The highest BCUT2D eigenvalue weighted by Crippen LogP contribution is 2.46. The lowest BCUT2D eigenvalue weighted by Gasteiger charge is -2.43. The fourth-order valence-corrected chi connectivity index (χ4v) is 5.47.